The van der Waals surface area contributed by atoms with E-state index < -0.39 is 0 Å². The highest BCUT2D eigenvalue weighted by Crippen LogP contribution is 2.21. The van der Waals surface area contributed by atoms with Gasteiger partial charge in [0, 0.05) is 0 Å². The smallest absolute Gasteiger partial charge is 0.111 e. The van der Waals surface area contributed by atoms with Gasteiger partial charge < -0.3 is 4.74 Å². The Bertz CT molecular complexity index is 476. The van der Waals surface area contributed by atoms with Gasteiger partial charge in [-0.05, 0) is 35.5 Å². The van der Waals surface area contributed by atoms with Gasteiger partial charge in [-0.2, -0.15) is 0 Å². The largest absolute Gasteiger partial charge is 0.497 e. The Kier molecular flexibility index (Phi) is 16.1. The molecule has 0 rings (SSSR count). The van der Waals surface area contributed by atoms with Crippen molar-refractivity contribution in [2.45, 2.75) is 60.3 Å². The summed E-state index contributed by atoms with van der Waals surface area (Å²) in [7, 11) is 1.59. The molecule has 0 bridgehead atoms. The van der Waals surface area contributed by atoms with Gasteiger partial charge in [-0.15, -0.1) is 0 Å². The van der Waals surface area contributed by atoms with E-state index in [4.69, 9.17) is 4.74 Å². The molecule has 2 unspecified atom stereocenters. The van der Waals surface area contributed by atoms with E-state index in [9.17, 15) is 0 Å². The summed E-state index contributed by atoms with van der Waals surface area (Å²) < 4.78 is 4.98. The summed E-state index contributed by atoms with van der Waals surface area (Å²) in [5.41, 5.74) is 2.85. The second-order valence-electron chi connectivity index (χ2n) is 6.66. The van der Waals surface area contributed by atoms with Crippen LogP contribution in [-0.2, 0) is 4.74 Å². The lowest BCUT2D eigenvalue weighted by Crippen LogP contribution is -2.00. The Morgan fingerprint density at radius 1 is 0.840 bits per heavy atom. The molecule has 1 nitrogen and oxygen atoms in total. The SMILES string of the molecule is C=C(/C=C\C(=C)C(=C)/C=C\C(=C)C(C)CCC(C)CC)OC.CCC. The van der Waals surface area contributed by atoms with E-state index in [1.807, 2.05) is 18.2 Å². The standard InChI is InChI=1S/C21H32O.C3H8/c1-9-16(2)10-11-17(3)18(4)12-13-19(5)20(6)14-15-21(7)22-8;1-3-2/h12-17H,4-7,9-11H2,1-3,8H3;3H2,1-2H3/b13-12-,15-14-;. The number of rotatable bonds is 11. The van der Waals surface area contributed by atoms with Gasteiger partial charge in [-0.25, -0.2) is 0 Å². The third-order valence-corrected chi connectivity index (χ3v) is 4.07. The molecule has 0 heterocycles. The third-order valence-electron chi connectivity index (χ3n) is 4.07. The van der Waals surface area contributed by atoms with Crippen molar-refractivity contribution in [1.29, 1.82) is 0 Å². The predicted octanol–water partition coefficient (Wildman–Crippen LogP) is 7.81. The van der Waals surface area contributed by atoms with Crippen molar-refractivity contribution >= 4 is 0 Å². The van der Waals surface area contributed by atoms with Gasteiger partial charge in [0.25, 0.3) is 0 Å². The van der Waals surface area contributed by atoms with Gasteiger partial charge in [-0.3, -0.25) is 0 Å². The normalized spacial score (nSPS) is 13.0. The first kappa shape index (κ1) is 25.5. The molecule has 2 atom stereocenters. The van der Waals surface area contributed by atoms with E-state index in [1.165, 1.54) is 25.7 Å². The fourth-order valence-electron chi connectivity index (χ4n) is 1.77. The minimum atomic E-state index is 0.495. The minimum absolute atomic E-state index is 0.495. The molecule has 0 aliphatic heterocycles. The van der Waals surface area contributed by atoms with E-state index in [0.717, 1.165) is 22.6 Å². The molecule has 0 spiro atoms. The third kappa shape index (κ3) is 14.3. The highest BCUT2D eigenvalue weighted by molar-refractivity contribution is 5.45. The second-order valence-corrected chi connectivity index (χ2v) is 6.66. The number of allylic oxidation sites excluding steroid dienone is 7. The van der Waals surface area contributed by atoms with Crippen LogP contribution in [0.5, 0.6) is 0 Å². The Hall–Kier alpha value is -1.76. The second kappa shape index (κ2) is 15.7. The molecule has 0 fully saturated rings. The van der Waals surface area contributed by atoms with E-state index >= 15 is 0 Å². The number of ether oxygens (including phenoxy) is 1. The average molecular weight is 345 g/mol. The topological polar surface area (TPSA) is 9.23 Å². The van der Waals surface area contributed by atoms with Crippen LogP contribution < -0.4 is 0 Å². The monoisotopic (exact) mass is 344 g/mol. The van der Waals surface area contributed by atoms with Gasteiger partial charge in [0.15, 0.2) is 0 Å². The Labute approximate surface area is 157 Å². The highest BCUT2D eigenvalue weighted by Gasteiger charge is 2.07. The number of methoxy groups -OCH3 is 1. The minimum Gasteiger partial charge on any atom is -0.497 e. The van der Waals surface area contributed by atoms with Crippen LogP contribution in [0.15, 0.2) is 73.1 Å². The van der Waals surface area contributed by atoms with Gasteiger partial charge in [0.1, 0.15) is 5.76 Å². The number of hydrogen-bond donors (Lipinski definition) is 0. The fourth-order valence-corrected chi connectivity index (χ4v) is 1.77. The van der Waals surface area contributed by atoms with Crippen LogP contribution in [-0.4, -0.2) is 7.11 Å². The van der Waals surface area contributed by atoms with Gasteiger partial charge >= 0.3 is 0 Å². The molecular weight excluding hydrogens is 304 g/mol. The fraction of sp³-hybridized carbons (Fsp3) is 0.500. The molecule has 0 aliphatic rings. The zero-order chi connectivity index (χ0) is 19.8. The molecule has 0 aromatic rings. The molecule has 1 heteroatoms. The first-order valence-corrected chi connectivity index (χ1v) is 9.39. The first-order valence-electron chi connectivity index (χ1n) is 9.39. The molecular formula is C24H40O. The molecule has 0 saturated heterocycles. The quantitative estimate of drug-likeness (QED) is 0.274. The van der Waals surface area contributed by atoms with Gasteiger partial charge in [0.2, 0.25) is 0 Å². The first-order chi connectivity index (χ1) is 11.7. The molecule has 0 saturated carbocycles. The summed E-state index contributed by atoms with van der Waals surface area (Å²) in [4.78, 5) is 0. The van der Waals surface area contributed by atoms with Crippen LogP contribution in [0.2, 0.25) is 0 Å². The zero-order valence-corrected chi connectivity index (χ0v) is 17.5. The molecule has 0 radical (unpaired) electrons. The molecule has 0 aromatic carbocycles. The Morgan fingerprint density at radius 2 is 1.32 bits per heavy atom. The maximum absolute atomic E-state index is 4.98. The lowest BCUT2D eigenvalue weighted by atomic mass is 9.91. The lowest BCUT2D eigenvalue weighted by Gasteiger charge is -2.14. The predicted molar refractivity (Wildman–Crippen MR) is 116 cm³/mol. The summed E-state index contributed by atoms with van der Waals surface area (Å²) in [6, 6.07) is 0. The summed E-state index contributed by atoms with van der Waals surface area (Å²) in [5, 5.41) is 0. The van der Waals surface area contributed by atoms with Crippen LogP contribution in [0.4, 0.5) is 0 Å². The Balaban J connectivity index is 0. The van der Waals surface area contributed by atoms with Crippen LogP contribution in [0, 0.1) is 11.8 Å². The van der Waals surface area contributed by atoms with Gasteiger partial charge in [-0.1, -0.05) is 104 Å². The van der Waals surface area contributed by atoms with Crippen LogP contribution in [0.1, 0.15) is 60.3 Å². The molecule has 142 valence electrons. The molecule has 0 aliphatic carbocycles. The van der Waals surface area contributed by atoms with Crippen LogP contribution in [0.3, 0.4) is 0 Å². The van der Waals surface area contributed by atoms with Crippen molar-refractivity contribution in [3.8, 4) is 0 Å². The summed E-state index contributed by atoms with van der Waals surface area (Å²) >= 11 is 0. The lowest BCUT2D eigenvalue weighted by molar-refractivity contribution is 0.309. The van der Waals surface area contributed by atoms with Crippen molar-refractivity contribution in [2.75, 3.05) is 7.11 Å². The van der Waals surface area contributed by atoms with Crippen molar-refractivity contribution in [1.82, 2.24) is 0 Å². The van der Waals surface area contributed by atoms with Crippen LogP contribution >= 0.6 is 0 Å². The summed E-state index contributed by atoms with van der Waals surface area (Å²) in [6.07, 6.45) is 12.6. The molecule has 25 heavy (non-hydrogen) atoms. The van der Waals surface area contributed by atoms with E-state index in [1.54, 1.807) is 13.2 Å². The van der Waals surface area contributed by atoms with E-state index in [0.29, 0.717) is 11.7 Å². The van der Waals surface area contributed by atoms with Crippen molar-refractivity contribution in [2.24, 2.45) is 11.8 Å². The van der Waals surface area contributed by atoms with E-state index in [-0.39, 0.29) is 0 Å². The summed E-state index contributed by atoms with van der Waals surface area (Å²) in [5.74, 6) is 1.88. The summed E-state index contributed by atoms with van der Waals surface area (Å²) in [6.45, 7) is 26.9. The van der Waals surface area contributed by atoms with Crippen molar-refractivity contribution < 1.29 is 4.74 Å². The number of hydrogen-bond acceptors (Lipinski definition) is 1. The highest BCUT2D eigenvalue weighted by atomic mass is 16.5. The maximum atomic E-state index is 4.98. The molecule has 0 amide bonds. The maximum Gasteiger partial charge on any atom is 0.111 e. The van der Waals surface area contributed by atoms with Crippen molar-refractivity contribution in [3.63, 3.8) is 0 Å². The van der Waals surface area contributed by atoms with Gasteiger partial charge in [0.05, 0.1) is 7.11 Å². The van der Waals surface area contributed by atoms with Crippen LogP contribution in [0.25, 0.3) is 0 Å². The molecule has 0 aromatic heterocycles. The average Bonchev–Trinajstić information content (AvgIpc) is 2.61. The molecule has 0 N–H and O–H groups in total. The van der Waals surface area contributed by atoms with Crippen molar-refractivity contribution in [3.05, 3.63) is 73.1 Å². The zero-order valence-electron chi connectivity index (χ0n) is 17.5. The Morgan fingerprint density at radius 3 is 1.76 bits per heavy atom. The van der Waals surface area contributed by atoms with E-state index in [2.05, 4.69) is 60.9 Å².